The number of carbonyl (C=O) groups excluding carboxylic acids is 1. The molecule has 1 amide bonds. The number of hydrogen-bond donors (Lipinski definition) is 3. The van der Waals surface area contributed by atoms with E-state index in [1.165, 1.54) is 6.07 Å². The molecule has 94 valence electrons. The van der Waals surface area contributed by atoms with Gasteiger partial charge in [-0.05, 0) is 12.1 Å². The van der Waals surface area contributed by atoms with Gasteiger partial charge in [0.05, 0.1) is 12.0 Å². The molecule has 1 heterocycles. The molecule has 18 heavy (non-hydrogen) atoms. The summed E-state index contributed by atoms with van der Waals surface area (Å²) >= 11 is 0. The van der Waals surface area contributed by atoms with Gasteiger partial charge < -0.3 is 5.32 Å². The van der Waals surface area contributed by atoms with Gasteiger partial charge in [0.1, 0.15) is 23.4 Å². The van der Waals surface area contributed by atoms with Crippen LogP contribution in [-0.4, -0.2) is 18.6 Å². The summed E-state index contributed by atoms with van der Waals surface area (Å²) in [6, 6.07) is 5.15. The molecule has 2 rings (SSSR count). The molecule has 1 aromatic carbocycles. The number of nitrogens with zero attached hydrogens (tertiary/aromatic N) is 1. The summed E-state index contributed by atoms with van der Waals surface area (Å²) < 4.78 is 26.7. The summed E-state index contributed by atoms with van der Waals surface area (Å²) in [7, 11) is 0. The molecular formula is C11H10F2N4O. The zero-order valence-electron chi connectivity index (χ0n) is 9.21. The maximum Gasteiger partial charge on any atom is 0.258 e. The Labute approximate surface area is 102 Å². The molecule has 3 N–H and O–H groups in total. The predicted octanol–water partition coefficient (Wildman–Crippen LogP) is 0.268. The number of carbonyl (C=O) groups is 1. The molecule has 1 saturated heterocycles. The third-order valence-corrected chi connectivity index (χ3v) is 2.62. The monoisotopic (exact) mass is 252 g/mol. The minimum absolute atomic E-state index is 0.348. The summed E-state index contributed by atoms with van der Waals surface area (Å²) in [6.07, 6.45) is -0.679. The number of hydrazine groups is 1. The van der Waals surface area contributed by atoms with Crippen molar-refractivity contribution >= 4 is 5.91 Å². The molecule has 0 spiro atoms. The molecule has 1 aromatic rings. The third-order valence-electron chi connectivity index (χ3n) is 2.62. The lowest BCUT2D eigenvalue weighted by Gasteiger charge is -2.15. The predicted molar refractivity (Wildman–Crippen MR) is 57.9 cm³/mol. The largest absolute Gasteiger partial charge is 0.334 e. The third kappa shape index (κ3) is 2.30. The lowest BCUT2D eigenvalue weighted by Crippen LogP contribution is -2.47. The number of nitrogens with one attached hydrogen (secondary N) is 3. The second-order valence-corrected chi connectivity index (χ2v) is 3.81. The molecular weight excluding hydrogens is 242 g/mol. The Morgan fingerprint density at radius 2 is 2.11 bits per heavy atom. The molecule has 1 aliphatic rings. The van der Waals surface area contributed by atoms with Crippen LogP contribution in [0.5, 0.6) is 0 Å². The van der Waals surface area contributed by atoms with Crippen LogP contribution < -0.4 is 16.2 Å². The van der Waals surface area contributed by atoms with E-state index in [1.807, 2.05) is 6.07 Å². The van der Waals surface area contributed by atoms with Crippen molar-refractivity contribution in [1.29, 1.82) is 5.26 Å². The van der Waals surface area contributed by atoms with Crippen molar-refractivity contribution in [1.82, 2.24) is 16.2 Å². The van der Waals surface area contributed by atoms with Gasteiger partial charge in [0, 0.05) is 6.54 Å². The van der Waals surface area contributed by atoms with Gasteiger partial charge in [-0.3, -0.25) is 10.2 Å². The summed E-state index contributed by atoms with van der Waals surface area (Å²) in [4.78, 5) is 11.7. The highest BCUT2D eigenvalue weighted by Gasteiger charge is 2.29. The Hall–Kier alpha value is -2.04. The van der Waals surface area contributed by atoms with Crippen molar-refractivity contribution in [3.8, 4) is 6.07 Å². The van der Waals surface area contributed by atoms with Gasteiger partial charge in [0.15, 0.2) is 0 Å². The van der Waals surface area contributed by atoms with E-state index in [1.54, 1.807) is 0 Å². The van der Waals surface area contributed by atoms with Crippen LogP contribution in [0.4, 0.5) is 8.78 Å². The van der Waals surface area contributed by atoms with Crippen LogP contribution in [0.3, 0.4) is 0 Å². The summed E-state index contributed by atoms with van der Waals surface area (Å²) in [5.41, 5.74) is 4.68. The van der Waals surface area contributed by atoms with Gasteiger partial charge >= 0.3 is 0 Å². The average Bonchev–Trinajstić information content (AvgIpc) is 2.76. The van der Waals surface area contributed by atoms with Crippen LogP contribution in [-0.2, 0) is 0 Å². The topological polar surface area (TPSA) is 77.0 Å². The first kappa shape index (κ1) is 12.4. The van der Waals surface area contributed by atoms with E-state index in [9.17, 15) is 13.6 Å². The maximum absolute atomic E-state index is 13.4. The zero-order chi connectivity index (χ0) is 13.1. The van der Waals surface area contributed by atoms with E-state index in [0.29, 0.717) is 6.54 Å². The highest BCUT2D eigenvalue weighted by atomic mass is 19.1. The Morgan fingerprint density at radius 1 is 1.44 bits per heavy atom. The first-order valence-electron chi connectivity index (χ1n) is 5.26. The summed E-state index contributed by atoms with van der Waals surface area (Å²) in [5.74, 6) is -3.27. The summed E-state index contributed by atoms with van der Waals surface area (Å²) in [6.45, 7) is 0.348. The van der Waals surface area contributed by atoms with E-state index in [0.717, 1.165) is 12.1 Å². The molecule has 0 bridgehead atoms. The average molecular weight is 252 g/mol. The van der Waals surface area contributed by atoms with Gasteiger partial charge in [-0.15, -0.1) is 0 Å². The van der Waals surface area contributed by atoms with Crippen LogP contribution in [0.1, 0.15) is 10.4 Å². The smallest absolute Gasteiger partial charge is 0.258 e. The highest BCUT2D eigenvalue weighted by Crippen LogP contribution is 2.13. The molecule has 0 saturated carbocycles. The number of hydrogen-bond acceptors (Lipinski definition) is 4. The van der Waals surface area contributed by atoms with Crippen molar-refractivity contribution in [2.45, 2.75) is 6.17 Å². The normalized spacial score (nSPS) is 22.5. The van der Waals surface area contributed by atoms with Gasteiger partial charge in [0.2, 0.25) is 0 Å². The van der Waals surface area contributed by atoms with E-state index < -0.39 is 35.2 Å². The summed E-state index contributed by atoms with van der Waals surface area (Å²) in [5, 5.41) is 11.2. The number of halogens is 2. The second kappa shape index (κ2) is 5.08. The number of amides is 1. The molecule has 1 fully saturated rings. The van der Waals surface area contributed by atoms with Gasteiger partial charge in [0.25, 0.3) is 5.91 Å². The van der Waals surface area contributed by atoms with Crippen LogP contribution >= 0.6 is 0 Å². The van der Waals surface area contributed by atoms with Crippen molar-refractivity contribution in [3.05, 3.63) is 35.4 Å². The SMILES string of the molecule is N#CC1CNNC1NC(=O)c1c(F)cccc1F. The van der Waals surface area contributed by atoms with Gasteiger partial charge in [-0.1, -0.05) is 6.07 Å². The lowest BCUT2D eigenvalue weighted by atomic mass is 10.1. The zero-order valence-corrected chi connectivity index (χ0v) is 9.21. The van der Waals surface area contributed by atoms with E-state index in [4.69, 9.17) is 5.26 Å². The molecule has 0 aromatic heterocycles. The number of benzene rings is 1. The minimum Gasteiger partial charge on any atom is -0.334 e. The molecule has 2 unspecified atom stereocenters. The number of nitriles is 1. The van der Waals surface area contributed by atoms with E-state index >= 15 is 0 Å². The Balaban J connectivity index is 2.16. The Morgan fingerprint density at radius 3 is 2.72 bits per heavy atom. The van der Waals surface area contributed by atoms with Gasteiger partial charge in [-0.25, -0.2) is 14.2 Å². The minimum atomic E-state index is -0.938. The lowest BCUT2D eigenvalue weighted by molar-refractivity contribution is 0.0918. The first-order valence-corrected chi connectivity index (χ1v) is 5.26. The maximum atomic E-state index is 13.4. The molecule has 5 nitrogen and oxygen atoms in total. The van der Waals surface area contributed by atoms with E-state index in [-0.39, 0.29) is 0 Å². The fourth-order valence-corrected chi connectivity index (χ4v) is 1.68. The van der Waals surface area contributed by atoms with Crippen LogP contribution in [0.2, 0.25) is 0 Å². The van der Waals surface area contributed by atoms with Crippen molar-refractivity contribution in [2.24, 2.45) is 5.92 Å². The van der Waals surface area contributed by atoms with Crippen molar-refractivity contribution < 1.29 is 13.6 Å². The quantitative estimate of drug-likeness (QED) is 0.706. The van der Waals surface area contributed by atoms with Crippen LogP contribution in [0, 0.1) is 28.9 Å². The molecule has 0 radical (unpaired) electrons. The van der Waals surface area contributed by atoms with Crippen molar-refractivity contribution in [3.63, 3.8) is 0 Å². The highest BCUT2D eigenvalue weighted by molar-refractivity contribution is 5.94. The van der Waals surface area contributed by atoms with E-state index in [2.05, 4.69) is 16.2 Å². The number of rotatable bonds is 2. The van der Waals surface area contributed by atoms with Crippen molar-refractivity contribution in [2.75, 3.05) is 6.54 Å². The molecule has 2 atom stereocenters. The Kier molecular flexibility index (Phi) is 3.50. The fraction of sp³-hybridized carbons (Fsp3) is 0.273. The van der Waals surface area contributed by atoms with Crippen LogP contribution in [0.15, 0.2) is 18.2 Å². The fourth-order valence-electron chi connectivity index (χ4n) is 1.68. The standard InChI is InChI=1S/C11H10F2N4O/c12-7-2-1-3-8(13)9(7)11(18)16-10-6(4-14)5-15-17-10/h1-3,6,10,15,17H,5H2,(H,16,18). The van der Waals surface area contributed by atoms with Crippen LogP contribution in [0.25, 0.3) is 0 Å². The molecule has 0 aliphatic carbocycles. The molecule has 1 aliphatic heterocycles. The molecule has 7 heteroatoms. The second-order valence-electron chi connectivity index (χ2n) is 3.81. The Bertz CT molecular complexity index is 494. The first-order chi connectivity index (χ1) is 8.63. The van der Waals surface area contributed by atoms with Gasteiger partial charge in [-0.2, -0.15) is 5.26 Å².